The first kappa shape index (κ1) is 17.9. The molecule has 4 N–H and O–H groups in total. The molecule has 26 heavy (non-hydrogen) atoms. The molecule has 1 amide bonds. The zero-order valence-corrected chi connectivity index (χ0v) is 15.4. The molecular weight excluding hydrogens is 376 g/mol. The summed E-state index contributed by atoms with van der Waals surface area (Å²) in [6.07, 6.45) is 0. The van der Waals surface area contributed by atoms with Gasteiger partial charge in [0.1, 0.15) is 11.3 Å². The standard InChI is InChI=1S/C14H16N8O2S2/c1-24-10-4-2-9(3-5-10)16-6-11-19-21-14(22(11)15)25-7-12(23)18-13-20-17-8-26-13/h2-5,8,16H,6-7,15H2,1H3,(H,18,20,23). The minimum atomic E-state index is -0.215. The van der Waals surface area contributed by atoms with E-state index in [0.29, 0.717) is 22.7 Å². The van der Waals surface area contributed by atoms with Crippen LogP contribution in [0.2, 0.25) is 0 Å². The molecule has 0 saturated carbocycles. The fourth-order valence-corrected chi connectivity index (χ4v) is 3.07. The van der Waals surface area contributed by atoms with Crippen LogP contribution in [0.4, 0.5) is 10.8 Å². The van der Waals surface area contributed by atoms with Gasteiger partial charge in [0, 0.05) is 5.69 Å². The zero-order valence-electron chi connectivity index (χ0n) is 13.7. The highest BCUT2D eigenvalue weighted by Crippen LogP contribution is 2.18. The quantitative estimate of drug-likeness (QED) is 0.382. The molecule has 2 aromatic heterocycles. The van der Waals surface area contributed by atoms with Crippen molar-refractivity contribution in [3.8, 4) is 5.75 Å². The van der Waals surface area contributed by atoms with Crippen molar-refractivity contribution >= 4 is 39.8 Å². The van der Waals surface area contributed by atoms with Crippen molar-refractivity contribution in [1.29, 1.82) is 0 Å². The van der Waals surface area contributed by atoms with E-state index in [4.69, 9.17) is 10.6 Å². The number of benzene rings is 1. The third kappa shape index (κ3) is 4.61. The average Bonchev–Trinajstić information content (AvgIpc) is 3.29. The van der Waals surface area contributed by atoms with Gasteiger partial charge in [-0.1, -0.05) is 23.1 Å². The molecule has 0 radical (unpaired) electrons. The lowest BCUT2D eigenvalue weighted by atomic mass is 10.3. The summed E-state index contributed by atoms with van der Waals surface area (Å²) in [6.45, 7) is 0.396. The Balaban J connectivity index is 1.51. The summed E-state index contributed by atoms with van der Waals surface area (Å²) in [6, 6.07) is 7.49. The van der Waals surface area contributed by atoms with E-state index in [-0.39, 0.29) is 11.7 Å². The van der Waals surface area contributed by atoms with Crippen LogP contribution < -0.4 is 21.2 Å². The maximum absolute atomic E-state index is 11.9. The Morgan fingerprint density at radius 2 is 2.12 bits per heavy atom. The molecule has 0 saturated heterocycles. The third-order valence-electron chi connectivity index (χ3n) is 3.21. The van der Waals surface area contributed by atoms with Gasteiger partial charge in [-0.2, -0.15) is 0 Å². The molecule has 2 heterocycles. The van der Waals surface area contributed by atoms with Gasteiger partial charge in [-0.05, 0) is 24.3 Å². The first-order valence-electron chi connectivity index (χ1n) is 7.42. The van der Waals surface area contributed by atoms with E-state index in [0.717, 1.165) is 11.4 Å². The number of anilines is 2. The van der Waals surface area contributed by atoms with Gasteiger partial charge in [0.2, 0.25) is 16.2 Å². The Kier molecular flexibility index (Phi) is 5.86. The van der Waals surface area contributed by atoms with Crippen LogP contribution in [0, 0.1) is 0 Å². The number of hydrogen-bond donors (Lipinski definition) is 3. The fourth-order valence-electron chi connectivity index (χ4n) is 1.93. The number of thioether (sulfide) groups is 1. The highest BCUT2D eigenvalue weighted by atomic mass is 32.2. The minimum Gasteiger partial charge on any atom is -0.497 e. The predicted molar refractivity (Wildman–Crippen MR) is 99.8 cm³/mol. The van der Waals surface area contributed by atoms with Crippen molar-refractivity contribution in [2.45, 2.75) is 11.7 Å². The molecule has 12 heteroatoms. The maximum Gasteiger partial charge on any atom is 0.236 e. The van der Waals surface area contributed by atoms with Crippen molar-refractivity contribution in [3.63, 3.8) is 0 Å². The summed E-state index contributed by atoms with van der Waals surface area (Å²) in [4.78, 5) is 11.9. The van der Waals surface area contributed by atoms with Crippen molar-refractivity contribution in [1.82, 2.24) is 25.1 Å². The van der Waals surface area contributed by atoms with Crippen LogP contribution in [0.25, 0.3) is 0 Å². The van der Waals surface area contributed by atoms with Crippen LogP contribution in [0.3, 0.4) is 0 Å². The van der Waals surface area contributed by atoms with E-state index in [1.165, 1.54) is 27.8 Å². The van der Waals surface area contributed by atoms with Crippen LogP contribution in [-0.2, 0) is 11.3 Å². The van der Waals surface area contributed by atoms with Gasteiger partial charge in [0.05, 0.1) is 19.4 Å². The second kappa shape index (κ2) is 8.49. The Bertz CT molecular complexity index is 850. The van der Waals surface area contributed by atoms with Crippen LogP contribution in [-0.4, -0.2) is 43.8 Å². The largest absolute Gasteiger partial charge is 0.497 e. The van der Waals surface area contributed by atoms with Crippen molar-refractivity contribution in [2.24, 2.45) is 0 Å². The molecule has 0 aliphatic carbocycles. The number of nitrogens with zero attached hydrogens (tertiary/aromatic N) is 5. The molecule has 3 rings (SSSR count). The maximum atomic E-state index is 11.9. The Morgan fingerprint density at radius 3 is 2.81 bits per heavy atom. The number of methoxy groups -OCH3 is 1. The molecule has 0 spiro atoms. The van der Waals surface area contributed by atoms with Gasteiger partial charge < -0.3 is 15.9 Å². The monoisotopic (exact) mass is 392 g/mol. The number of hydrogen-bond acceptors (Lipinski definition) is 10. The number of amides is 1. The molecule has 0 atom stereocenters. The second-order valence-electron chi connectivity index (χ2n) is 4.93. The van der Waals surface area contributed by atoms with Crippen LogP contribution in [0.5, 0.6) is 5.75 Å². The highest BCUT2D eigenvalue weighted by Gasteiger charge is 2.13. The first-order chi connectivity index (χ1) is 12.7. The molecule has 10 nitrogen and oxygen atoms in total. The smallest absolute Gasteiger partial charge is 0.236 e. The molecule has 0 fully saturated rings. The average molecular weight is 392 g/mol. The Morgan fingerprint density at radius 1 is 1.31 bits per heavy atom. The number of aromatic nitrogens is 5. The first-order valence-corrected chi connectivity index (χ1v) is 9.28. The molecule has 1 aromatic carbocycles. The molecule has 0 aliphatic heterocycles. The van der Waals surface area contributed by atoms with E-state index < -0.39 is 0 Å². The van der Waals surface area contributed by atoms with E-state index in [9.17, 15) is 4.79 Å². The van der Waals surface area contributed by atoms with Crippen LogP contribution in [0.15, 0.2) is 34.9 Å². The summed E-state index contributed by atoms with van der Waals surface area (Å²) < 4.78 is 6.48. The number of carbonyl (C=O) groups is 1. The zero-order chi connectivity index (χ0) is 18.4. The van der Waals surface area contributed by atoms with Gasteiger partial charge in [-0.25, -0.2) is 4.68 Å². The van der Waals surface area contributed by atoms with Crippen LogP contribution in [0.1, 0.15) is 5.82 Å². The number of carbonyl (C=O) groups excluding carboxylic acids is 1. The Hall–Kier alpha value is -2.86. The summed E-state index contributed by atoms with van der Waals surface area (Å²) in [5, 5.41) is 22.2. The van der Waals surface area contributed by atoms with Gasteiger partial charge in [-0.3, -0.25) is 10.1 Å². The lowest BCUT2D eigenvalue weighted by Crippen LogP contribution is -2.18. The summed E-state index contributed by atoms with van der Waals surface area (Å²) >= 11 is 2.44. The predicted octanol–water partition coefficient (Wildman–Crippen LogP) is 1.19. The number of nitrogens with one attached hydrogen (secondary N) is 2. The topological polar surface area (TPSA) is 133 Å². The lowest BCUT2D eigenvalue weighted by Gasteiger charge is -2.07. The van der Waals surface area contributed by atoms with Gasteiger partial charge in [0.25, 0.3) is 0 Å². The van der Waals surface area contributed by atoms with E-state index in [1.54, 1.807) is 12.6 Å². The number of nitrogens with two attached hydrogens (primary N) is 1. The SMILES string of the molecule is COc1ccc(NCc2nnc(SCC(=O)Nc3nncs3)n2N)cc1. The fraction of sp³-hybridized carbons (Fsp3) is 0.214. The second-order valence-corrected chi connectivity index (χ2v) is 6.71. The molecule has 0 aliphatic rings. The molecule has 3 aromatic rings. The summed E-state index contributed by atoms with van der Waals surface area (Å²) in [5.74, 6) is 7.25. The normalized spacial score (nSPS) is 10.5. The summed E-state index contributed by atoms with van der Waals surface area (Å²) in [5.41, 5.74) is 2.45. The minimum absolute atomic E-state index is 0.140. The van der Waals surface area contributed by atoms with E-state index in [1.807, 2.05) is 24.3 Å². The number of nitrogen functional groups attached to an aromatic ring is 1. The number of ether oxygens (including phenoxy) is 1. The van der Waals surface area contributed by atoms with Crippen molar-refractivity contribution in [2.75, 3.05) is 29.3 Å². The van der Waals surface area contributed by atoms with Gasteiger partial charge >= 0.3 is 0 Å². The van der Waals surface area contributed by atoms with Crippen molar-refractivity contribution in [3.05, 3.63) is 35.6 Å². The van der Waals surface area contributed by atoms with Gasteiger partial charge in [0.15, 0.2) is 5.82 Å². The molecule has 0 bridgehead atoms. The van der Waals surface area contributed by atoms with Gasteiger partial charge in [-0.15, -0.1) is 20.4 Å². The van der Waals surface area contributed by atoms with E-state index in [2.05, 4.69) is 31.0 Å². The van der Waals surface area contributed by atoms with Crippen molar-refractivity contribution < 1.29 is 9.53 Å². The number of rotatable bonds is 8. The Labute approximate surface area is 157 Å². The van der Waals surface area contributed by atoms with Crippen LogP contribution >= 0.6 is 23.1 Å². The molecular formula is C14H16N8O2S2. The van der Waals surface area contributed by atoms with E-state index >= 15 is 0 Å². The third-order valence-corrected chi connectivity index (χ3v) is 4.76. The summed E-state index contributed by atoms with van der Waals surface area (Å²) in [7, 11) is 1.62. The lowest BCUT2D eigenvalue weighted by molar-refractivity contribution is -0.113. The molecule has 0 unspecified atom stereocenters. The molecule has 136 valence electrons. The highest BCUT2D eigenvalue weighted by molar-refractivity contribution is 7.99.